The zero-order chi connectivity index (χ0) is 20.7. The minimum atomic E-state index is -0.893. The van der Waals surface area contributed by atoms with Crippen LogP contribution >= 0.6 is 0 Å². The molecule has 0 radical (unpaired) electrons. The van der Waals surface area contributed by atoms with Crippen molar-refractivity contribution in [2.24, 2.45) is 0 Å². The number of nitrogens with zero attached hydrogens (tertiary/aromatic N) is 1. The highest BCUT2D eigenvalue weighted by Gasteiger charge is 2.19. The Morgan fingerprint density at radius 3 is 2.21 bits per heavy atom. The fraction of sp³-hybridized carbons (Fsp3) is 0.316. The second-order valence-electron chi connectivity index (χ2n) is 5.76. The summed E-state index contributed by atoms with van der Waals surface area (Å²) >= 11 is 0. The van der Waals surface area contributed by atoms with E-state index >= 15 is 0 Å². The molecule has 2 aromatic rings. The van der Waals surface area contributed by atoms with Gasteiger partial charge < -0.3 is 24.3 Å². The average Bonchev–Trinajstić information content (AvgIpc) is 2.71. The van der Waals surface area contributed by atoms with Crippen LogP contribution in [0.1, 0.15) is 12.5 Å². The molecular weight excluding hydrogens is 368 g/mol. The van der Waals surface area contributed by atoms with Crippen LogP contribution in [-0.4, -0.2) is 38.3 Å². The highest BCUT2D eigenvalue weighted by atomic mass is 16.6. The number of ether oxygens (including phenoxy) is 4. The van der Waals surface area contributed by atoms with Crippen molar-refractivity contribution in [3.8, 4) is 23.0 Å². The van der Waals surface area contributed by atoms with E-state index in [0.717, 1.165) is 5.56 Å². The van der Waals surface area contributed by atoms with Gasteiger partial charge in [0.25, 0.3) is 11.6 Å². The summed E-state index contributed by atoms with van der Waals surface area (Å²) in [7, 11) is 4.49. The van der Waals surface area contributed by atoms with Crippen molar-refractivity contribution in [2.75, 3.05) is 21.3 Å². The van der Waals surface area contributed by atoms with Crippen LogP contribution in [0, 0.1) is 10.1 Å². The Bertz CT molecular complexity index is 854. The molecule has 0 bridgehead atoms. The number of hydrogen-bond acceptors (Lipinski definition) is 7. The SMILES string of the molecule is COc1ccc(CNC(=O)[C@@H](C)Oc2cc([N+](=O)[O-])ccc2OC)cc1OC. The molecule has 0 spiro atoms. The van der Waals surface area contributed by atoms with Gasteiger partial charge in [-0.25, -0.2) is 0 Å². The van der Waals surface area contributed by atoms with E-state index in [0.29, 0.717) is 17.2 Å². The Labute approximate surface area is 162 Å². The molecule has 2 aromatic carbocycles. The molecule has 0 saturated carbocycles. The minimum absolute atomic E-state index is 0.116. The Balaban J connectivity index is 2.03. The lowest BCUT2D eigenvalue weighted by atomic mass is 10.2. The zero-order valence-electron chi connectivity index (χ0n) is 16.1. The molecule has 0 heterocycles. The van der Waals surface area contributed by atoms with E-state index in [4.69, 9.17) is 18.9 Å². The third-order valence-corrected chi connectivity index (χ3v) is 3.95. The van der Waals surface area contributed by atoms with Crippen molar-refractivity contribution < 1.29 is 28.7 Å². The molecule has 0 aliphatic carbocycles. The molecule has 1 atom stereocenters. The van der Waals surface area contributed by atoms with Gasteiger partial charge in [0.05, 0.1) is 32.3 Å². The maximum atomic E-state index is 12.3. The van der Waals surface area contributed by atoms with E-state index in [2.05, 4.69) is 5.32 Å². The Kier molecular flexibility index (Phi) is 7.02. The van der Waals surface area contributed by atoms with Crippen LogP contribution in [0.15, 0.2) is 36.4 Å². The van der Waals surface area contributed by atoms with Crippen molar-refractivity contribution >= 4 is 11.6 Å². The number of methoxy groups -OCH3 is 3. The molecule has 0 fully saturated rings. The normalized spacial score (nSPS) is 11.3. The van der Waals surface area contributed by atoms with Gasteiger partial charge in [-0.05, 0) is 30.7 Å². The Hall–Kier alpha value is -3.49. The predicted octanol–water partition coefficient (Wildman–Crippen LogP) is 2.70. The summed E-state index contributed by atoms with van der Waals surface area (Å²) < 4.78 is 21.1. The van der Waals surface area contributed by atoms with Crippen molar-refractivity contribution in [1.82, 2.24) is 5.32 Å². The molecule has 9 heteroatoms. The lowest BCUT2D eigenvalue weighted by molar-refractivity contribution is -0.385. The van der Waals surface area contributed by atoms with Crippen LogP contribution in [0.4, 0.5) is 5.69 Å². The van der Waals surface area contributed by atoms with E-state index in [1.165, 1.54) is 32.4 Å². The molecule has 1 N–H and O–H groups in total. The Morgan fingerprint density at radius 1 is 1.00 bits per heavy atom. The van der Waals surface area contributed by atoms with Gasteiger partial charge in [0.1, 0.15) is 0 Å². The van der Waals surface area contributed by atoms with E-state index in [9.17, 15) is 14.9 Å². The van der Waals surface area contributed by atoms with Gasteiger partial charge in [0, 0.05) is 12.6 Å². The number of benzene rings is 2. The van der Waals surface area contributed by atoms with Gasteiger partial charge >= 0.3 is 0 Å². The van der Waals surface area contributed by atoms with Gasteiger partial charge in [-0.2, -0.15) is 0 Å². The van der Waals surface area contributed by atoms with Crippen LogP contribution in [0.25, 0.3) is 0 Å². The highest BCUT2D eigenvalue weighted by Crippen LogP contribution is 2.32. The molecule has 0 aromatic heterocycles. The summed E-state index contributed by atoms with van der Waals surface area (Å²) in [5, 5.41) is 13.7. The molecule has 9 nitrogen and oxygen atoms in total. The third-order valence-electron chi connectivity index (χ3n) is 3.95. The predicted molar refractivity (Wildman–Crippen MR) is 101 cm³/mol. The summed E-state index contributed by atoms with van der Waals surface area (Å²) in [6.45, 7) is 1.79. The van der Waals surface area contributed by atoms with Gasteiger partial charge in [0.15, 0.2) is 29.1 Å². The zero-order valence-corrected chi connectivity index (χ0v) is 16.1. The number of rotatable bonds is 9. The highest BCUT2D eigenvalue weighted by molar-refractivity contribution is 5.80. The molecular formula is C19H22N2O7. The molecule has 0 unspecified atom stereocenters. The molecule has 1 amide bonds. The van der Waals surface area contributed by atoms with Crippen LogP contribution in [-0.2, 0) is 11.3 Å². The standard InChI is InChI=1S/C19H22N2O7/c1-12(28-18-10-14(21(23)24)6-8-16(18)26-3)19(22)20-11-13-5-7-15(25-2)17(9-13)27-4/h5-10,12H,11H2,1-4H3,(H,20,22)/t12-/m1/s1. The van der Waals surface area contributed by atoms with E-state index < -0.39 is 11.0 Å². The monoisotopic (exact) mass is 390 g/mol. The molecule has 2 rings (SSSR count). The van der Waals surface area contributed by atoms with Gasteiger partial charge in [-0.15, -0.1) is 0 Å². The summed E-state index contributed by atoms with van der Waals surface area (Å²) in [4.78, 5) is 22.7. The number of carbonyl (C=O) groups excluding carboxylic acids is 1. The van der Waals surface area contributed by atoms with Crippen molar-refractivity contribution in [2.45, 2.75) is 19.6 Å². The number of nitrogens with one attached hydrogen (secondary N) is 1. The van der Waals surface area contributed by atoms with E-state index in [-0.39, 0.29) is 23.9 Å². The van der Waals surface area contributed by atoms with E-state index in [1.54, 1.807) is 32.2 Å². The molecule has 150 valence electrons. The fourth-order valence-corrected chi connectivity index (χ4v) is 2.44. The molecule has 28 heavy (non-hydrogen) atoms. The quantitative estimate of drug-likeness (QED) is 0.518. The van der Waals surface area contributed by atoms with Gasteiger partial charge in [-0.1, -0.05) is 6.07 Å². The first-order valence-electron chi connectivity index (χ1n) is 8.37. The smallest absolute Gasteiger partial charge is 0.273 e. The molecule has 0 saturated heterocycles. The second-order valence-corrected chi connectivity index (χ2v) is 5.76. The molecule has 0 aliphatic rings. The number of nitro benzene ring substituents is 1. The van der Waals surface area contributed by atoms with Crippen molar-refractivity contribution in [3.05, 3.63) is 52.1 Å². The van der Waals surface area contributed by atoms with Crippen LogP contribution in [0.3, 0.4) is 0 Å². The topological polar surface area (TPSA) is 109 Å². The largest absolute Gasteiger partial charge is 0.493 e. The first-order chi connectivity index (χ1) is 13.4. The lowest BCUT2D eigenvalue weighted by Gasteiger charge is -2.17. The lowest BCUT2D eigenvalue weighted by Crippen LogP contribution is -2.36. The summed E-state index contributed by atoms with van der Waals surface area (Å²) in [5.74, 6) is 1.17. The maximum Gasteiger partial charge on any atom is 0.273 e. The number of nitro groups is 1. The third kappa shape index (κ3) is 5.03. The Morgan fingerprint density at radius 2 is 1.61 bits per heavy atom. The van der Waals surface area contributed by atoms with Crippen molar-refractivity contribution in [3.63, 3.8) is 0 Å². The average molecular weight is 390 g/mol. The number of hydrogen-bond donors (Lipinski definition) is 1. The minimum Gasteiger partial charge on any atom is -0.493 e. The summed E-state index contributed by atoms with van der Waals surface area (Å²) in [5.41, 5.74) is 0.653. The van der Waals surface area contributed by atoms with Crippen molar-refractivity contribution in [1.29, 1.82) is 0 Å². The number of non-ortho nitro benzene ring substituents is 1. The number of carbonyl (C=O) groups is 1. The van der Waals surface area contributed by atoms with E-state index in [1.807, 2.05) is 0 Å². The van der Waals surface area contributed by atoms with Crippen LogP contribution in [0.5, 0.6) is 23.0 Å². The van der Waals surface area contributed by atoms with Crippen LogP contribution in [0.2, 0.25) is 0 Å². The van der Waals surface area contributed by atoms with Gasteiger partial charge in [-0.3, -0.25) is 14.9 Å². The van der Waals surface area contributed by atoms with Gasteiger partial charge in [0.2, 0.25) is 0 Å². The maximum absolute atomic E-state index is 12.3. The number of amides is 1. The first-order valence-corrected chi connectivity index (χ1v) is 8.37. The summed E-state index contributed by atoms with van der Waals surface area (Å²) in [6, 6.07) is 9.24. The first kappa shape index (κ1) is 20.8. The fourth-order valence-electron chi connectivity index (χ4n) is 2.44. The summed E-state index contributed by atoms with van der Waals surface area (Å²) in [6.07, 6.45) is -0.893. The van der Waals surface area contributed by atoms with Crippen LogP contribution < -0.4 is 24.3 Å². The molecule has 0 aliphatic heterocycles. The second kappa shape index (κ2) is 9.45.